The van der Waals surface area contributed by atoms with Crippen molar-refractivity contribution in [3.63, 3.8) is 0 Å². The fourth-order valence-electron chi connectivity index (χ4n) is 4.26. The Morgan fingerprint density at radius 3 is 2.80 bits per heavy atom. The van der Waals surface area contributed by atoms with Crippen molar-refractivity contribution in [2.45, 2.75) is 37.7 Å². The van der Waals surface area contributed by atoms with Gasteiger partial charge in [0.1, 0.15) is 12.4 Å². The Bertz CT molecular complexity index is 987. The lowest BCUT2D eigenvalue weighted by Gasteiger charge is -2.31. The van der Waals surface area contributed by atoms with Crippen LogP contribution in [0.5, 0.6) is 5.75 Å². The van der Waals surface area contributed by atoms with E-state index in [0.29, 0.717) is 18.1 Å². The topological polar surface area (TPSA) is 51.7 Å². The zero-order valence-electron chi connectivity index (χ0n) is 17.0. The van der Waals surface area contributed by atoms with E-state index in [1.807, 2.05) is 35.2 Å². The number of rotatable bonds is 5. The molecule has 6 heteroatoms. The molecule has 2 aromatic carbocycles. The van der Waals surface area contributed by atoms with Gasteiger partial charge in [-0.2, -0.15) is 0 Å². The first-order valence-electron chi connectivity index (χ1n) is 10.8. The van der Waals surface area contributed by atoms with E-state index in [1.54, 1.807) is 11.3 Å². The summed E-state index contributed by atoms with van der Waals surface area (Å²) in [6.45, 7) is 2.89. The summed E-state index contributed by atoms with van der Waals surface area (Å²) in [5.41, 5.74) is 1.77. The number of piperidine rings is 1. The average molecular weight is 423 g/mol. The lowest BCUT2D eigenvalue weighted by atomic mass is 9.97. The molecule has 1 unspecified atom stereocenters. The first-order chi connectivity index (χ1) is 14.8. The Hall–Kier alpha value is -2.44. The van der Waals surface area contributed by atoms with Crippen LogP contribution in [0.4, 0.5) is 0 Å². The van der Waals surface area contributed by atoms with Gasteiger partial charge in [0, 0.05) is 31.2 Å². The van der Waals surface area contributed by atoms with Gasteiger partial charge in [-0.15, -0.1) is 11.3 Å². The van der Waals surface area contributed by atoms with Gasteiger partial charge in [-0.3, -0.25) is 4.79 Å². The zero-order valence-corrected chi connectivity index (χ0v) is 17.8. The molecule has 3 heterocycles. The molecular weight excluding hydrogens is 396 g/mol. The molecule has 156 valence electrons. The molecule has 30 heavy (non-hydrogen) atoms. The van der Waals surface area contributed by atoms with Crippen LogP contribution < -0.4 is 4.74 Å². The van der Waals surface area contributed by atoms with Gasteiger partial charge in [0.2, 0.25) is 0 Å². The second-order valence-corrected chi connectivity index (χ2v) is 9.12. The average Bonchev–Trinajstić information content (AvgIpc) is 3.47. The van der Waals surface area contributed by atoms with E-state index in [2.05, 4.69) is 18.2 Å². The fraction of sp³-hybridized carbons (Fsp3) is 0.417. The molecule has 5 rings (SSSR count). The van der Waals surface area contributed by atoms with Gasteiger partial charge < -0.3 is 14.4 Å². The van der Waals surface area contributed by atoms with E-state index < -0.39 is 0 Å². The Morgan fingerprint density at radius 1 is 1.13 bits per heavy atom. The monoisotopic (exact) mass is 422 g/mol. The summed E-state index contributed by atoms with van der Waals surface area (Å²) in [4.78, 5) is 19.8. The number of fused-ring (bicyclic) bond motifs is 1. The Morgan fingerprint density at radius 2 is 2.00 bits per heavy atom. The summed E-state index contributed by atoms with van der Waals surface area (Å²) in [5, 5.41) is 1.20. The van der Waals surface area contributed by atoms with Crippen LogP contribution in [0, 0.1) is 0 Å². The minimum absolute atomic E-state index is 0.0836. The van der Waals surface area contributed by atoms with Crippen LogP contribution in [-0.4, -0.2) is 48.2 Å². The minimum atomic E-state index is 0.0836. The van der Waals surface area contributed by atoms with Gasteiger partial charge in [0.15, 0.2) is 0 Å². The molecule has 2 saturated heterocycles. The molecule has 2 aliphatic heterocycles. The molecule has 1 atom stereocenters. The lowest BCUT2D eigenvalue weighted by Crippen LogP contribution is -2.37. The lowest BCUT2D eigenvalue weighted by molar-refractivity contribution is 0.0675. The van der Waals surface area contributed by atoms with Crippen molar-refractivity contribution >= 4 is 27.5 Å². The maximum Gasteiger partial charge on any atom is 0.253 e. The number of thiazole rings is 1. The largest absolute Gasteiger partial charge is 0.491 e. The molecule has 0 bridgehead atoms. The van der Waals surface area contributed by atoms with Gasteiger partial charge in [0.05, 0.1) is 21.3 Å². The molecule has 2 fully saturated rings. The Balaban J connectivity index is 1.19. The highest BCUT2D eigenvalue weighted by Gasteiger charge is 2.26. The van der Waals surface area contributed by atoms with E-state index >= 15 is 0 Å². The molecular formula is C24H26N2O3S. The number of likely N-dealkylation sites (tertiary alicyclic amines) is 1. The van der Waals surface area contributed by atoms with Gasteiger partial charge >= 0.3 is 0 Å². The normalized spacial score (nSPS) is 20.0. The first-order valence-corrected chi connectivity index (χ1v) is 11.6. The van der Waals surface area contributed by atoms with Crippen molar-refractivity contribution in [1.82, 2.24) is 9.88 Å². The van der Waals surface area contributed by atoms with Crippen molar-refractivity contribution in [2.75, 3.05) is 26.3 Å². The van der Waals surface area contributed by atoms with E-state index in [1.165, 1.54) is 9.71 Å². The highest BCUT2D eigenvalue weighted by molar-refractivity contribution is 7.18. The van der Waals surface area contributed by atoms with E-state index in [4.69, 9.17) is 14.5 Å². The Labute approximate surface area is 180 Å². The number of hydrogen-bond acceptors (Lipinski definition) is 5. The van der Waals surface area contributed by atoms with Crippen LogP contribution in [0.15, 0.2) is 48.5 Å². The summed E-state index contributed by atoms with van der Waals surface area (Å²) < 4.78 is 12.7. The number of ether oxygens (including phenoxy) is 2. The third kappa shape index (κ3) is 4.20. The number of benzene rings is 2. The standard InChI is InChI=1S/C24H26N2O3S/c27-24(18-5-3-6-19(15-18)29-16-20-7-4-14-28-20)26-12-10-17(11-13-26)23-25-21-8-1-2-9-22(21)30-23/h1-3,5-6,8-9,15,17,20H,4,7,10-14,16H2. The van der Waals surface area contributed by atoms with Crippen LogP contribution >= 0.6 is 11.3 Å². The Kier molecular flexibility index (Phi) is 5.69. The number of para-hydroxylation sites is 1. The number of hydrogen-bond donors (Lipinski definition) is 0. The summed E-state index contributed by atoms with van der Waals surface area (Å²) in [6, 6.07) is 15.8. The summed E-state index contributed by atoms with van der Waals surface area (Å²) >= 11 is 1.79. The summed E-state index contributed by atoms with van der Waals surface area (Å²) in [5.74, 6) is 1.26. The summed E-state index contributed by atoms with van der Waals surface area (Å²) in [7, 11) is 0. The van der Waals surface area contributed by atoms with Gasteiger partial charge in [-0.05, 0) is 56.0 Å². The first kappa shape index (κ1) is 19.5. The van der Waals surface area contributed by atoms with E-state index in [-0.39, 0.29) is 12.0 Å². The van der Waals surface area contributed by atoms with Crippen LogP contribution in [0.1, 0.15) is 47.0 Å². The summed E-state index contributed by atoms with van der Waals surface area (Å²) in [6.07, 6.45) is 4.23. The van der Waals surface area contributed by atoms with E-state index in [9.17, 15) is 4.79 Å². The molecule has 0 aliphatic carbocycles. The van der Waals surface area contributed by atoms with Crippen LogP contribution in [0.3, 0.4) is 0 Å². The highest BCUT2D eigenvalue weighted by Crippen LogP contribution is 2.34. The van der Waals surface area contributed by atoms with Gasteiger partial charge in [0.25, 0.3) is 5.91 Å². The van der Waals surface area contributed by atoms with Crippen molar-refractivity contribution in [3.05, 3.63) is 59.1 Å². The predicted octanol–water partition coefficient (Wildman–Crippen LogP) is 4.87. The molecule has 5 nitrogen and oxygen atoms in total. The third-order valence-corrected chi connectivity index (χ3v) is 7.18. The van der Waals surface area contributed by atoms with Crippen LogP contribution in [-0.2, 0) is 4.74 Å². The van der Waals surface area contributed by atoms with Crippen LogP contribution in [0.2, 0.25) is 0 Å². The molecule has 1 amide bonds. The maximum absolute atomic E-state index is 13.0. The second kappa shape index (κ2) is 8.74. The quantitative estimate of drug-likeness (QED) is 0.588. The second-order valence-electron chi connectivity index (χ2n) is 8.06. The van der Waals surface area contributed by atoms with Crippen LogP contribution in [0.25, 0.3) is 10.2 Å². The van der Waals surface area contributed by atoms with Crippen molar-refractivity contribution < 1.29 is 14.3 Å². The fourth-order valence-corrected chi connectivity index (χ4v) is 5.40. The predicted molar refractivity (Wildman–Crippen MR) is 118 cm³/mol. The molecule has 2 aliphatic rings. The molecule has 1 aromatic heterocycles. The number of amides is 1. The van der Waals surface area contributed by atoms with E-state index in [0.717, 1.165) is 56.6 Å². The molecule has 0 spiro atoms. The number of nitrogens with zero attached hydrogens (tertiary/aromatic N) is 2. The highest BCUT2D eigenvalue weighted by atomic mass is 32.1. The molecule has 0 N–H and O–H groups in total. The SMILES string of the molecule is O=C(c1cccc(OCC2CCCO2)c1)N1CCC(c2nc3ccccc3s2)CC1. The van der Waals surface area contributed by atoms with Gasteiger partial charge in [-0.1, -0.05) is 18.2 Å². The third-order valence-electron chi connectivity index (χ3n) is 5.98. The van der Waals surface area contributed by atoms with Crippen molar-refractivity contribution in [2.24, 2.45) is 0 Å². The minimum Gasteiger partial charge on any atom is -0.491 e. The zero-order chi connectivity index (χ0) is 20.3. The van der Waals surface area contributed by atoms with Crippen molar-refractivity contribution in [3.8, 4) is 5.75 Å². The van der Waals surface area contributed by atoms with Gasteiger partial charge in [-0.25, -0.2) is 4.98 Å². The number of carbonyl (C=O) groups is 1. The molecule has 0 radical (unpaired) electrons. The number of aromatic nitrogens is 1. The van der Waals surface area contributed by atoms with Crippen molar-refractivity contribution in [1.29, 1.82) is 0 Å². The molecule has 3 aromatic rings. The maximum atomic E-state index is 13.0. The smallest absolute Gasteiger partial charge is 0.253 e. The molecule has 0 saturated carbocycles. The number of carbonyl (C=O) groups excluding carboxylic acids is 1.